The van der Waals surface area contributed by atoms with Crippen LogP contribution in [0.2, 0.25) is 0 Å². The summed E-state index contributed by atoms with van der Waals surface area (Å²) in [7, 11) is 0. The molecular weight excluding hydrogens is 333 g/mol. The van der Waals surface area contributed by atoms with E-state index in [1.54, 1.807) is 12.1 Å². The average Bonchev–Trinajstić information content (AvgIpc) is 2.55. The van der Waals surface area contributed by atoms with Gasteiger partial charge in [-0.1, -0.05) is 13.0 Å². The number of halogens is 3. The number of hydrogen-bond donors (Lipinski definition) is 2. The number of hydrogen-bond acceptors (Lipinski definition) is 2. The van der Waals surface area contributed by atoms with Crippen molar-refractivity contribution in [1.82, 2.24) is 0 Å². The molecule has 0 fully saturated rings. The molecule has 2 aromatic carbocycles. The fourth-order valence-electron chi connectivity index (χ4n) is 2.13. The molecule has 25 heavy (non-hydrogen) atoms. The van der Waals surface area contributed by atoms with Gasteiger partial charge in [-0.3, -0.25) is 9.59 Å². The van der Waals surface area contributed by atoms with Crippen molar-refractivity contribution in [1.29, 1.82) is 0 Å². The van der Waals surface area contributed by atoms with E-state index in [9.17, 15) is 22.8 Å². The molecule has 0 saturated heterocycles. The van der Waals surface area contributed by atoms with E-state index in [-0.39, 0.29) is 17.2 Å². The van der Waals surface area contributed by atoms with Crippen molar-refractivity contribution in [3.05, 3.63) is 59.7 Å². The maximum absolute atomic E-state index is 12.7. The third-order valence-corrected chi connectivity index (χ3v) is 3.36. The van der Waals surface area contributed by atoms with Crippen molar-refractivity contribution >= 4 is 23.2 Å². The fourth-order valence-corrected chi connectivity index (χ4v) is 2.13. The number of carbonyl (C=O) groups is 2. The molecule has 2 amide bonds. The summed E-state index contributed by atoms with van der Waals surface area (Å²) in [6, 6.07) is 10.5. The first kappa shape index (κ1) is 18.5. The number of amides is 2. The predicted molar refractivity (Wildman–Crippen MR) is 89.4 cm³/mol. The highest BCUT2D eigenvalue weighted by Gasteiger charge is 2.30. The summed E-state index contributed by atoms with van der Waals surface area (Å²) in [5.41, 5.74) is 0.0411. The van der Waals surface area contributed by atoms with Gasteiger partial charge in [0.05, 0.1) is 5.56 Å². The Balaban J connectivity index is 2.05. The molecule has 2 rings (SSSR count). The molecule has 7 heteroatoms. The summed E-state index contributed by atoms with van der Waals surface area (Å²) in [6.45, 7) is 1.89. The Labute approximate surface area is 143 Å². The van der Waals surface area contributed by atoms with E-state index >= 15 is 0 Å². The van der Waals surface area contributed by atoms with Gasteiger partial charge in [-0.2, -0.15) is 13.2 Å². The van der Waals surface area contributed by atoms with Crippen LogP contribution in [-0.4, -0.2) is 11.8 Å². The van der Waals surface area contributed by atoms with Gasteiger partial charge < -0.3 is 10.6 Å². The molecule has 132 valence electrons. The number of carbonyl (C=O) groups excluding carboxylic acids is 2. The fraction of sp³-hybridized carbons (Fsp3) is 0.222. The topological polar surface area (TPSA) is 58.2 Å². The first-order valence-electron chi connectivity index (χ1n) is 7.68. The van der Waals surface area contributed by atoms with Gasteiger partial charge in [-0.05, 0) is 48.9 Å². The second-order valence-electron chi connectivity index (χ2n) is 5.41. The van der Waals surface area contributed by atoms with Crippen LogP contribution in [0, 0.1) is 0 Å². The summed E-state index contributed by atoms with van der Waals surface area (Å²) >= 11 is 0. The predicted octanol–water partition coefficient (Wildman–Crippen LogP) is 4.70. The molecule has 0 aliphatic carbocycles. The molecule has 0 atom stereocenters. The number of rotatable bonds is 5. The second-order valence-corrected chi connectivity index (χ2v) is 5.41. The number of anilines is 2. The van der Waals surface area contributed by atoms with E-state index in [1.807, 2.05) is 6.92 Å². The standard InChI is InChI=1S/C18H17F3N2O2/c1-2-4-16(24)22-14-9-7-12(8-10-14)17(25)23-15-6-3-5-13(11-15)18(19,20)21/h3,5-11H,2,4H2,1H3,(H,22,24)(H,23,25). The summed E-state index contributed by atoms with van der Waals surface area (Å²) in [5, 5.41) is 5.11. The van der Waals surface area contributed by atoms with E-state index in [4.69, 9.17) is 0 Å². The van der Waals surface area contributed by atoms with E-state index in [0.717, 1.165) is 18.6 Å². The smallest absolute Gasteiger partial charge is 0.326 e. The SMILES string of the molecule is CCCC(=O)Nc1ccc(C(=O)Nc2cccc(C(F)(F)F)c2)cc1. The summed E-state index contributed by atoms with van der Waals surface area (Å²) in [5.74, 6) is -0.658. The van der Waals surface area contributed by atoms with E-state index in [1.165, 1.54) is 24.3 Å². The van der Waals surface area contributed by atoms with Gasteiger partial charge in [0.15, 0.2) is 0 Å². The van der Waals surface area contributed by atoms with Gasteiger partial charge in [0, 0.05) is 23.4 Å². The third kappa shape index (κ3) is 5.34. The largest absolute Gasteiger partial charge is 0.416 e. The molecule has 0 radical (unpaired) electrons. The summed E-state index contributed by atoms with van der Waals surface area (Å²) in [6.07, 6.45) is -3.35. The van der Waals surface area contributed by atoms with Crippen molar-refractivity contribution in [3.8, 4) is 0 Å². The molecule has 0 saturated carbocycles. The lowest BCUT2D eigenvalue weighted by atomic mass is 10.1. The molecular formula is C18H17F3N2O2. The lowest BCUT2D eigenvalue weighted by molar-refractivity contribution is -0.137. The maximum Gasteiger partial charge on any atom is 0.416 e. The highest BCUT2D eigenvalue weighted by atomic mass is 19.4. The molecule has 4 nitrogen and oxygen atoms in total. The zero-order valence-corrected chi connectivity index (χ0v) is 13.5. The van der Waals surface area contributed by atoms with Gasteiger partial charge in [-0.15, -0.1) is 0 Å². The van der Waals surface area contributed by atoms with Crippen molar-refractivity contribution in [2.75, 3.05) is 10.6 Å². The monoisotopic (exact) mass is 350 g/mol. The molecule has 0 aliphatic rings. The normalized spacial score (nSPS) is 11.0. The number of alkyl halides is 3. The van der Waals surface area contributed by atoms with Crippen LogP contribution < -0.4 is 10.6 Å². The lowest BCUT2D eigenvalue weighted by Gasteiger charge is -2.10. The molecule has 2 aromatic rings. The van der Waals surface area contributed by atoms with Crippen molar-refractivity contribution in [3.63, 3.8) is 0 Å². The molecule has 0 aromatic heterocycles. The first-order valence-corrected chi connectivity index (χ1v) is 7.68. The molecule has 0 spiro atoms. The van der Waals surface area contributed by atoms with Crippen LogP contribution >= 0.6 is 0 Å². The first-order chi connectivity index (χ1) is 11.8. The minimum absolute atomic E-state index is 0.0557. The van der Waals surface area contributed by atoms with Crippen molar-refractivity contribution < 1.29 is 22.8 Å². The minimum atomic E-state index is -4.47. The lowest BCUT2D eigenvalue weighted by Crippen LogP contribution is -2.14. The van der Waals surface area contributed by atoms with Gasteiger partial charge in [0.25, 0.3) is 5.91 Å². The van der Waals surface area contributed by atoms with Crippen LogP contribution in [0.4, 0.5) is 24.5 Å². The van der Waals surface area contributed by atoms with Crippen LogP contribution in [0.3, 0.4) is 0 Å². The molecule has 2 N–H and O–H groups in total. The van der Waals surface area contributed by atoms with Gasteiger partial charge in [-0.25, -0.2) is 0 Å². The molecule has 0 heterocycles. The summed E-state index contributed by atoms with van der Waals surface area (Å²) in [4.78, 5) is 23.6. The summed E-state index contributed by atoms with van der Waals surface area (Å²) < 4.78 is 38.1. The highest BCUT2D eigenvalue weighted by molar-refractivity contribution is 6.04. The number of nitrogens with one attached hydrogen (secondary N) is 2. The molecule has 0 unspecified atom stereocenters. The van der Waals surface area contributed by atoms with Gasteiger partial charge in [0.1, 0.15) is 0 Å². The van der Waals surface area contributed by atoms with Crippen LogP contribution in [0.5, 0.6) is 0 Å². The van der Waals surface area contributed by atoms with Crippen molar-refractivity contribution in [2.24, 2.45) is 0 Å². The molecule has 0 bridgehead atoms. The van der Waals surface area contributed by atoms with Gasteiger partial charge >= 0.3 is 6.18 Å². The highest BCUT2D eigenvalue weighted by Crippen LogP contribution is 2.30. The quantitative estimate of drug-likeness (QED) is 0.821. The van der Waals surface area contributed by atoms with Crippen LogP contribution in [0.1, 0.15) is 35.7 Å². The Bertz CT molecular complexity index is 756. The van der Waals surface area contributed by atoms with E-state index < -0.39 is 17.6 Å². The Morgan fingerprint density at radius 3 is 2.24 bits per heavy atom. The minimum Gasteiger partial charge on any atom is -0.326 e. The zero-order chi connectivity index (χ0) is 18.4. The van der Waals surface area contributed by atoms with Crippen molar-refractivity contribution in [2.45, 2.75) is 25.9 Å². The van der Waals surface area contributed by atoms with E-state index in [0.29, 0.717) is 12.1 Å². The molecule has 0 aliphatic heterocycles. The van der Waals surface area contributed by atoms with E-state index in [2.05, 4.69) is 10.6 Å². The third-order valence-electron chi connectivity index (χ3n) is 3.36. The number of benzene rings is 2. The van der Waals surface area contributed by atoms with Crippen LogP contribution in [0.25, 0.3) is 0 Å². The Kier molecular flexibility index (Phi) is 5.80. The maximum atomic E-state index is 12.7. The average molecular weight is 350 g/mol. The second kappa shape index (κ2) is 7.83. The van der Waals surface area contributed by atoms with Gasteiger partial charge in [0.2, 0.25) is 5.91 Å². The Hall–Kier alpha value is -2.83. The van der Waals surface area contributed by atoms with Crippen LogP contribution in [-0.2, 0) is 11.0 Å². The zero-order valence-electron chi connectivity index (χ0n) is 13.5. The Morgan fingerprint density at radius 2 is 1.64 bits per heavy atom. The Morgan fingerprint density at radius 1 is 0.960 bits per heavy atom. The van der Waals surface area contributed by atoms with Crippen LogP contribution in [0.15, 0.2) is 48.5 Å².